The van der Waals surface area contributed by atoms with Crippen molar-refractivity contribution in [2.75, 3.05) is 45.3 Å². The monoisotopic (exact) mass is 464 g/mol. The van der Waals surface area contributed by atoms with Crippen molar-refractivity contribution < 1.29 is 13.9 Å². The van der Waals surface area contributed by atoms with Crippen molar-refractivity contribution in [1.29, 1.82) is 0 Å². The fourth-order valence-electron chi connectivity index (χ4n) is 6.11. The highest BCUT2D eigenvalue weighted by atomic mass is 19.1. The van der Waals surface area contributed by atoms with E-state index < -0.39 is 11.2 Å². The largest absolute Gasteiger partial charge is 0.374 e. The molecule has 3 heterocycles. The van der Waals surface area contributed by atoms with Gasteiger partial charge in [0.1, 0.15) is 0 Å². The molecule has 0 N–H and O–H groups in total. The number of hydrogen-bond acceptors (Lipinski definition) is 4. The third-order valence-electron chi connectivity index (χ3n) is 8.38. The lowest BCUT2D eigenvalue weighted by atomic mass is 9.58. The molecule has 1 aromatic carbocycles. The van der Waals surface area contributed by atoms with Crippen molar-refractivity contribution in [2.24, 2.45) is 5.92 Å². The van der Waals surface area contributed by atoms with Crippen molar-refractivity contribution in [3.63, 3.8) is 0 Å². The van der Waals surface area contributed by atoms with Crippen LogP contribution in [0.2, 0.25) is 0 Å². The summed E-state index contributed by atoms with van der Waals surface area (Å²) in [4.78, 5) is 24.2. The van der Waals surface area contributed by atoms with Crippen LogP contribution < -0.4 is 4.90 Å². The van der Waals surface area contributed by atoms with E-state index in [-0.39, 0.29) is 31.3 Å². The zero-order chi connectivity index (χ0) is 23.6. The van der Waals surface area contributed by atoms with Crippen LogP contribution in [-0.4, -0.2) is 72.4 Å². The van der Waals surface area contributed by atoms with Crippen LogP contribution in [0.3, 0.4) is 0 Å². The molecular weight excluding hydrogens is 431 g/mol. The van der Waals surface area contributed by atoms with Gasteiger partial charge in [-0.15, -0.1) is 0 Å². The molecule has 0 bridgehead atoms. The number of anilines is 1. The van der Waals surface area contributed by atoms with Gasteiger partial charge in [0.15, 0.2) is 5.67 Å². The van der Waals surface area contributed by atoms with Crippen LogP contribution in [0, 0.1) is 5.92 Å². The fourth-order valence-corrected chi connectivity index (χ4v) is 6.11. The Morgan fingerprint density at radius 2 is 1.85 bits per heavy atom. The van der Waals surface area contributed by atoms with Gasteiger partial charge < -0.3 is 9.64 Å². The van der Waals surface area contributed by atoms with Gasteiger partial charge in [-0.05, 0) is 69.8 Å². The molecular formula is C27H33FN4O2. The lowest BCUT2D eigenvalue weighted by Gasteiger charge is -2.61. The number of carbonyl (C=O) groups is 1. The van der Waals surface area contributed by atoms with E-state index in [0.717, 1.165) is 36.6 Å². The number of amides is 2. The maximum atomic E-state index is 15.3. The maximum Gasteiger partial charge on any atom is 0.325 e. The van der Waals surface area contributed by atoms with Crippen molar-refractivity contribution in [2.45, 2.75) is 48.9 Å². The Balaban J connectivity index is 1.30. The van der Waals surface area contributed by atoms with Gasteiger partial charge in [0.2, 0.25) is 0 Å². The van der Waals surface area contributed by atoms with Crippen molar-refractivity contribution in [1.82, 2.24) is 14.8 Å². The molecule has 180 valence electrons. The Hall–Kier alpha value is -2.51. The summed E-state index contributed by atoms with van der Waals surface area (Å²) in [6.07, 6.45) is 6.94. The van der Waals surface area contributed by atoms with Gasteiger partial charge in [-0.1, -0.05) is 30.3 Å². The third-order valence-corrected chi connectivity index (χ3v) is 8.38. The molecule has 4 aliphatic rings. The molecule has 6 rings (SSSR count). The topological polar surface area (TPSA) is 48.9 Å². The molecule has 2 aliphatic carbocycles. The number of carbonyl (C=O) groups excluding carboxylic acids is 1. The minimum atomic E-state index is -1.46. The summed E-state index contributed by atoms with van der Waals surface area (Å²) in [6.45, 7) is 0.742. The maximum absolute atomic E-state index is 15.3. The summed E-state index contributed by atoms with van der Waals surface area (Å²) in [5, 5.41) is 0. The predicted molar refractivity (Wildman–Crippen MR) is 129 cm³/mol. The smallest absolute Gasteiger partial charge is 0.325 e. The molecule has 1 spiro atoms. The number of aromatic nitrogens is 1. The number of nitrogens with zero attached hydrogens (tertiary/aromatic N) is 4. The average molecular weight is 465 g/mol. The predicted octanol–water partition coefficient (Wildman–Crippen LogP) is 4.00. The minimum absolute atomic E-state index is 0.0573. The number of hydrogen-bond donors (Lipinski definition) is 0. The normalized spacial score (nSPS) is 30.1. The Bertz CT molecular complexity index is 1060. The second kappa shape index (κ2) is 7.75. The number of urea groups is 1. The van der Waals surface area contributed by atoms with E-state index in [1.165, 1.54) is 18.4 Å². The van der Waals surface area contributed by atoms with Crippen LogP contribution in [0.25, 0.3) is 0 Å². The molecule has 34 heavy (non-hydrogen) atoms. The van der Waals surface area contributed by atoms with Crippen molar-refractivity contribution in [3.8, 4) is 0 Å². The molecule has 2 saturated heterocycles. The Labute approximate surface area is 200 Å². The molecule has 0 radical (unpaired) electrons. The minimum Gasteiger partial charge on any atom is -0.374 e. The Kier molecular flexibility index (Phi) is 5.01. The van der Waals surface area contributed by atoms with Gasteiger partial charge in [0.05, 0.1) is 49.3 Å². The zero-order valence-electron chi connectivity index (χ0n) is 20.0. The summed E-state index contributed by atoms with van der Waals surface area (Å²) in [5.74, 6) is 0.767. The highest BCUT2D eigenvalue weighted by molar-refractivity contribution is 5.95. The van der Waals surface area contributed by atoms with E-state index in [1.807, 2.05) is 24.4 Å². The number of ether oxygens (including phenoxy) is 1. The van der Waals surface area contributed by atoms with Gasteiger partial charge in [-0.3, -0.25) is 14.8 Å². The van der Waals surface area contributed by atoms with Crippen LogP contribution in [0.5, 0.6) is 0 Å². The first kappa shape index (κ1) is 22.0. The van der Waals surface area contributed by atoms with Crippen LogP contribution >= 0.6 is 0 Å². The third kappa shape index (κ3) is 3.52. The standard InChI is InChI=1S/C27H33FN4O2/c1-30(2)27(21-6-4-3-5-7-21)14-26(15-27)17-31(24(33)32(26)16-25(28)18-34-19-25)23-11-10-22(29-13-23)12-20-8-9-20/h3-7,10-11,13,20H,8-9,12,14-19H2,1-2H3. The van der Waals surface area contributed by atoms with E-state index in [9.17, 15) is 4.79 Å². The van der Waals surface area contributed by atoms with Crippen LogP contribution in [0.1, 0.15) is 36.9 Å². The van der Waals surface area contributed by atoms with Crippen molar-refractivity contribution >= 4 is 11.7 Å². The van der Waals surface area contributed by atoms with Gasteiger partial charge >= 0.3 is 6.03 Å². The SMILES string of the molecule is CN(C)C1(c2ccccc2)CC2(CN(c3ccc(CC4CC4)nc3)C(=O)N2CC2(F)COC2)C1. The lowest BCUT2D eigenvalue weighted by Crippen LogP contribution is -2.70. The van der Waals surface area contributed by atoms with E-state index in [4.69, 9.17) is 4.74 Å². The molecule has 2 aromatic rings. The molecule has 0 atom stereocenters. The lowest BCUT2D eigenvalue weighted by molar-refractivity contribution is -0.155. The quantitative estimate of drug-likeness (QED) is 0.622. The molecule has 2 saturated carbocycles. The molecule has 6 nitrogen and oxygen atoms in total. The highest BCUT2D eigenvalue weighted by Gasteiger charge is 2.66. The zero-order valence-corrected chi connectivity index (χ0v) is 20.0. The summed E-state index contributed by atoms with van der Waals surface area (Å²) in [7, 11) is 4.19. The number of pyridine rings is 1. The Morgan fingerprint density at radius 3 is 2.41 bits per heavy atom. The van der Waals surface area contributed by atoms with Gasteiger partial charge in [0, 0.05) is 5.69 Å². The second-order valence-electron chi connectivity index (χ2n) is 11.1. The van der Waals surface area contributed by atoms with E-state index in [0.29, 0.717) is 6.54 Å². The fraction of sp³-hybridized carbons (Fsp3) is 0.556. The Morgan fingerprint density at radius 1 is 1.12 bits per heavy atom. The van der Waals surface area contributed by atoms with Gasteiger partial charge in [-0.2, -0.15) is 0 Å². The molecule has 1 aromatic heterocycles. The van der Waals surface area contributed by atoms with Gasteiger partial charge in [0.25, 0.3) is 0 Å². The highest BCUT2D eigenvalue weighted by Crippen LogP contribution is 2.57. The van der Waals surface area contributed by atoms with E-state index in [1.54, 1.807) is 9.80 Å². The first-order valence-corrected chi connectivity index (χ1v) is 12.4. The van der Waals surface area contributed by atoms with Gasteiger partial charge in [-0.25, -0.2) is 9.18 Å². The molecule has 2 amide bonds. The number of benzene rings is 1. The second-order valence-corrected chi connectivity index (χ2v) is 11.1. The van der Waals surface area contributed by atoms with Crippen molar-refractivity contribution in [3.05, 3.63) is 59.9 Å². The number of rotatable bonds is 7. The summed E-state index contributed by atoms with van der Waals surface area (Å²) < 4.78 is 20.4. The average Bonchev–Trinajstić information content (AvgIpc) is 3.56. The molecule has 2 aliphatic heterocycles. The molecule has 4 fully saturated rings. The van der Waals surface area contributed by atoms with E-state index >= 15 is 4.39 Å². The summed E-state index contributed by atoms with van der Waals surface area (Å²) in [6, 6.07) is 14.4. The first-order valence-electron chi connectivity index (χ1n) is 12.4. The van der Waals surface area contributed by atoms with Crippen LogP contribution in [0.4, 0.5) is 14.9 Å². The van der Waals surface area contributed by atoms with Crippen LogP contribution in [-0.2, 0) is 16.7 Å². The van der Waals surface area contributed by atoms with Crippen LogP contribution in [0.15, 0.2) is 48.7 Å². The number of halogens is 1. The number of alkyl halides is 1. The summed E-state index contributed by atoms with van der Waals surface area (Å²) >= 11 is 0. The molecule has 7 heteroatoms. The van der Waals surface area contributed by atoms with E-state index in [2.05, 4.69) is 48.2 Å². The first-order chi connectivity index (χ1) is 16.3. The molecule has 0 unspecified atom stereocenters. The summed E-state index contributed by atoms with van der Waals surface area (Å²) in [5.41, 5.74) is 1.06.